The van der Waals surface area contributed by atoms with E-state index in [1.165, 1.54) is 42.5 Å². The second kappa shape index (κ2) is 6.15. The third kappa shape index (κ3) is 3.62. The van der Waals surface area contributed by atoms with Gasteiger partial charge >= 0.3 is 0 Å². The molecule has 1 amide bonds. The summed E-state index contributed by atoms with van der Waals surface area (Å²) in [5, 5.41) is 0. The van der Waals surface area contributed by atoms with Gasteiger partial charge in [0.2, 0.25) is 15.9 Å². The number of amides is 1. The molecule has 2 aromatic carbocycles. The molecule has 2 N–H and O–H groups in total. The first kappa shape index (κ1) is 16.0. The van der Waals surface area contributed by atoms with Crippen LogP contribution in [0.25, 0.3) is 0 Å². The van der Waals surface area contributed by atoms with Crippen LogP contribution in [0.1, 0.15) is 15.9 Å². The lowest BCUT2D eigenvalue weighted by Gasteiger charge is -2.23. The molecule has 0 aliphatic rings. The first-order chi connectivity index (χ1) is 10.3. The fourth-order valence-electron chi connectivity index (χ4n) is 1.97. The summed E-state index contributed by atoms with van der Waals surface area (Å²) >= 11 is 0. The van der Waals surface area contributed by atoms with Crippen molar-refractivity contribution in [2.75, 3.05) is 10.6 Å². The summed E-state index contributed by atoms with van der Waals surface area (Å²) in [5.41, 5.74) is 6.00. The molecule has 0 spiro atoms. The van der Waals surface area contributed by atoms with Crippen molar-refractivity contribution in [2.24, 2.45) is 5.73 Å². The monoisotopic (exact) mass is 322 g/mol. The molecule has 0 fully saturated rings. The number of nitrogens with zero attached hydrogens (tertiary/aromatic N) is 1. The van der Waals surface area contributed by atoms with Gasteiger partial charge in [-0.1, -0.05) is 18.2 Å². The standard InChI is InChI=1S/C15H15FN2O3S/c1-22(20,21)18(10-12-4-2-3-5-14(12)16)13-8-6-11(7-9-13)15(17)19/h2-9H,10H2,1H3,(H2,17,19). The molecule has 2 rings (SSSR count). The summed E-state index contributed by atoms with van der Waals surface area (Å²) in [6.45, 7) is -0.137. The summed E-state index contributed by atoms with van der Waals surface area (Å²) in [7, 11) is -3.62. The van der Waals surface area contributed by atoms with Crippen molar-refractivity contribution in [1.29, 1.82) is 0 Å². The first-order valence-corrected chi connectivity index (χ1v) is 8.25. The van der Waals surface area contributed by atoms with Crippen LogP contribution >= 0.6 is 0 Å². The molecule has 0 atom stereocenters. The van der Waals surface area contributed by atoms with Crippen LogP contribution in [0.5, 0.6) is 0 Å². The Kier molecular flexibility index (Phi) is 4.46. The summed E-state index contributed by atoms with van der Waals surface area (Å²) < 4.78 is 38.8. The molecule has 0 unspecified atom stereocenters. The van der Waals surface area contributed by atoms with E-state index in [0.29, 0.717) is 5.69 Å². The van der Waals surface area contributed by atoms with E-state index < -0.39 is 21.7 Å². The van der Waals surface area contributed by atoms with Gasteiger partial charge < -0.3 is 5.73 Å². The molecule has 0 bridgehead atoms. The zero-order valence-electron chi connectivity index (χ0n) is 11.9. The molecule has 0 heterocycles. The number of hydrogen-bond donors (Lipinski definition) is 1. The van der Waals surface area contributed by atoms with E-state index in [1.54, 1.807) is 6.07 Å². The van der Waals surface area contributed by atoms with Gasteiger partial charge in [0, 0.05) is 11.1 Å². The lowest BCUT2D eigenvalue weighted by Crippen LogP contribution is -2.29. The SMILES string of the molecule is CS(=O)(=O)N(Cc1ccccc1F)c1ccc(C(N)=O)cc1. The molecule has 0 aliphatic heterocycles. The fraction of sp³-hybridized carbons (Fsp3) is 0.133. The van der Waals surface area contributed by atoms with Gasteiger partial charge in [-0.05, 0) is 30.3 Å². The van der Waals surface area contributed by atoms with Crippen LogP contribution in [0.2, 0.25) is 0 Å². The maximum Gasteiger partial charge on any atom is 0.248 e. The quantitative estimate of drug-likeness (QED) is 0.913. The minimum atomic E-state index is -3.62. The lowest BCUT2D eigenvalue weighted by molar-refractivity contribution is 0.100. The molecule has 0 saturated heterocycles. The van der Waals surface area contributed by atoms with Crippen LogP contribution in [-0.2, 0) is 16.6 Å². The van der Waals surface area contributed by atoms with Gasteiger partial charge in [0.1, 0.15) is 5.82 Å². The predicted molar refractivity (Wildman–Crippen MR) is 82.4 cm³/mol. The molecular weight excluding hydrogens is 307 g/mol. The normalized spacial score (nSPS) is 11.2. The molecule has 0 aliphatic carbocycles. The summed E-state index contributed by atoms with van der Waals surface area (Å²) in [4.78, 5) is 11.1. The fourth-order valence-corrected chi connectivity index (χ4v) is 2.85. The van der Waals surface area contributed by atoms with Crippen molar-refractivity contribution in [3.05, 3.63) is 65.5 Å². The largest absolute Gasteiger partial charge is 0.366 e. The Labute approximate surface area is 128 Å². The summed E-state index contributed by atoms with van der Waals surface area (Å²) in [6.07, 6.45) is 1.04. The van der Waals surface area contributed by atoms with Gasteiger partial charge in [-0.15, -0.1) is 0 Å². The Morgan fingerprint density at radius 2 is 1.73 bits per heavy atom. The topological polar surface area (TPSA) is 80.5 Å². The number of halogens is 1. The number of anilines is 1. The van der Waals surface area contributed by atoms with Gasteiger partial charge in [0.15, 0.2) is 0 Å². The maximum atomic E-state index is 13.7. The van der Waals surface area contributed by atoms with Crippen LogP contribution in [0, 0.1) is 5.82 Å². The average Bonchev–Trinajstić information content (AvgIpc) is 2.45. The molecule has 116 valence electrons. The number of benzene rings is 2. The van der Waals surface area contributed by atoms with Crippen LogP contribution in [0.15, 0.2) is 48.5 Å². The summed E-state index contributed by atoms with van der Waals surface area (Å²) in [5.74, 6) is -1.09. The van der Waals surface area contributed by atoms with Crippen molar-refractivity contribution in [3.63, 3.8) is 0 Å². The van der Waals surface area contributed by atoms with Crippen molar-refractivity contribution in [3.8, 4) is 0 Å². The van der Waals surface area contributed by atoms with Gasteiger partial charge in [0.05, 0.1) is 18.5 Å². The van der Waals surface area contributed by atoms with Crippen molar-refractivity contribution in [1.82, 2.24) is 0 Å². The van der Waals surface area contributed by atoms with Crippen molar-refractivity contribution < 1.29 is 17.6 Å². The highest BCUT2D eigenvalue weighted by Gasteiger charge is 2.19. The highest BCUT2D eigenvalue weighted by atomic mass is 32.2. The Balaban J connectivity index is 2.39. The Morgan fingerprint density at radius 3 is 2.23 bits per heavy atom. The number of sulfonamides is 1. The number of carbonyl (C=O) groups excluding carboxylic acids is 1. The van der Waals surface area contributed by atoms with Crippen LogP contribution in [0.3, 0.4) is 0 Å². The third-order valence-electron chi connectivity index (χ3n) is 3.11. The van der Waals surface area contributed by atoms with Crippen LogP contribution < -0.4 is 10.0 Å². The second-order valence-corrected chi connectivity index (χ2v) is 6.68. The molecule has 0 saturated carbocycles. The second-order valence-electron chi connectivity index (χ2n) is 4.77. The summed E-state index contributed by atoms with van der Waals surface area (Å²) in [6, 6.07) is 11.7. The third-order valence-corrected chi connectivity index (χ3v) is 4.25. The molecule has 2 aromatic rings. The minimum absolute atomic E-state index is 0.137. The molecule has 0 aromatic heterocycles. The van der Waals surface area contributed by atoms with Crippen LogP contribution in [-0.4, -0.2) is 20.6 Å². The molecular formula is C15H15FN2O3S. The van der Waals surface area contributed by atoms with Gasteiger partial charge in [0.25, 0.3) is 0 Å². The molecule has 0 radical (unpaired) electrons. The Hall–Kier alpha value is -2.41. The van der Waals surface area contributed by atoms with Crippen LogP contribution in [0.4, 0.5) is 10.1 Å². The van der Waals surface area contributed by atoms with E-state index in [1.807, 2.05) is 0 Å². The van der Waals surface area contributed by atoms with Crippen molar-refractivity contribution >= 4 is 21.6 Å². The number of primary amides is 1. The average molecular weight is 322 g/mol. The van der Waals surface area contributed by atoms with E-state index in [2.05, 4.69) is 0 Å². The lowest BCUT2D eigenvalue weighted by atomic mass is 10.2. The highest BCUT2D eigenvalue weighted by Crippen LogP contribution is 2.22. The highest BCUT2D eigenvalue weighted by molar-refractivity contribution is 7.92. The van der Waals surface area contributed by atoms with Crippen molar-refractivity contribution in [2.45, 2.75) is 6.54 Å². The van der Waals surface area contributed by atoms with Gasteiger partial charge in [-0.25, -0.2) is 12.8 Å². The Bertz CT molecular complexity index is 789. The maximum absolute atomic E-state index is 13.7. The van der Waals surface area contributed by atoms with Gasteiger partial charge in [-0.2, -0.15) is 0 Å². The minimum Gasteiger partial charge on any atom is -0.366 e. The number of nitrogens with two attached hydrogens (primary N) is 1. The number of hydrogen-bond acceptors (Lipinski definition) is 3. The first-order valence-electron chi connectivity index (χ1n) is 6.40. The van der Waals surface area contributed by atoms with Gasteiger partial charge in [-0.3, -0.25) is 9.10 Å². The van der Waals surface area contributed by atoms with E-state index in [0.717, 1.165) is 10.6 Å². The molecule has 5 nitrogen and oxygen atoms in total. The zero-order chi connectivity index (χ0) is 16.3. The molecule has 7 heteroatoms. The predicted octanol–water partition coefficient (Wildman–Crippen LogP) is 1.89. The number of rotatable bonds is 5. The van der Waals surface area contributed by atoms with E-state index in [-0.39, 0.29) is 17.7 Å². The zero-order valence-corrected chi connectivity index (χ0v) is 12.7. The van der Waals surface area contributed by atoms with E-state index >= 15 is 0 Å². The van der Waals surface area contributed by atoms with E-state index in [9.17, 15) is 17.6 Å². The van der Waals surface area contributed by atoms with E-state index in [4.69, 9.17) is 5.73 Å². The Morgan fingerprint density at radius 1 is 1.14 bits per heavy atom. The smallest absolute Gasteiger partial charge is 0.248 e. The number of carbonyl (C=O) groups is 1. The molecule has 22 heavy (non-hydrogen) atoms.